The normalized spacial score (nSPS) is 12.5. The molecule has 0 aliphatic carbocycles. The summed E-state index contributed by atoms with van der Waals surface area (Å²) in [5.41, 5.74) is 2.64. The molecule has 0 spiro atoms. The molecule has 0 saturated carbocycles. The highest BCUT2D eigenvalue weighted by Gasteiger charge is 2.22. The Morgan fingerprint density at radius 1 is 1.30 bits per heavy atom. The molecular formula is C16H13ClN2O. The van der Waals surface area contributed by atoms with E-state index in [2.05, 4.69) is 9.97 Å². The molecule has 0 aliphatic heterocycles. The maximum atomic E-state index is 12.1. The van der Waals surface area contributed by atoms with Crippen LogP contribution in [0.1, 0.15) is 24.0 Å². The van der Waals surface area contributed by atoms with Crippen molar-refractivity contribution >= 4 is 28.4 Å². The molecule has 3 nitrogen and oxygen atoms in total. The number of H-pyrrole nitrogens is 1. The highest BCUT2D eigenvalue weighted by Crippen LogP contribution is 2.31. The van der Waals surface area contributed by atoms with E-state index in [1.54, 1.807) is 19.2 Å². The van der Waals surface area contributed by atoms with Crippen molar-refractivity contribution in [3.8, 4) is 0 Å². The smallest absolute Gasteiger partial charge is 0.141 e. The zero-order valence-electron chi connectivity index (χ0n) is 10.9. The number of fused-ring (bicyclic) bond motifs is 1. The van der Waals surface area contributed by atoms with E-state index in [-0.39, 0.29) is 11.7 Å². The van der Waals surface area contributed by atoms with E-state index < -0.39 is 0 Å². The third-order valence-electron chi connectivity index (χ3n) is 3.39. The standard InChI is InChI=1S/C16H13ClN2O/c1-10(20)15(11-3-2-4-12(17)9-11)13-5-7-18-16-14(13)6-8-19-16/h2-9,15H,1H3,(H,18,19). The van der Waals surface area contributed by atoms with Crippen molar-refractivity contribution in [3.05, 3.63) is 64.9 Å². The van der Waals surface area contributed by atoms with Crippen molar-refractivity contribution in [1.82, 2.24) is 9.97 Å². The number of ketones is 1. The van der Waals surface area contributed by atoms with Crippen LogP contribution in [0.25, 0.3) is 11.0 Å². The molecular weight excluding hydrogens is 272 g/mol. The monoisotopic (exact) mass is 284 g/mol. The maximum absolute atomic E-state index is 12.1. The number of hydrogen-bond donors (Lipinski definition) is 1. The Balaban J connectivity index is 2.21. The van der Waals surface area contributed by atoms with Gasteiger partial charge >= 0.3 is 0 Å². The molecule has 0 aliphatic rings. The number of benzene rings is 1. The number of carbonyl (C=O) groups excluding carboxylic acids is 1. The van der Waals surface area contributed by atoms with E-state index in [4.69, 9.17) is 11.6 Å². The summed E-state index contributed by atoms with van der Waals surface area (Å²) in [4.78, 5) is 19.5. The summed E-state index contributed by atoms with van der Waals surface area (Å²) in [7, 11) is 0. The predicted octanol–water partition coefficient (Wildman–Crippen LogP) is 3.94. The van der Waals surface area contributed by atoms with E-state index in [9.17, 15) is 4.79 Å². The van der Waals surface area contributed by atoms with Gasteiger partial charge in [-0.3, -0.25) is 4.79 Å². The molecule has 1 unspecified atom stereocenters. The lowest BCUT2D eigenvalue weighted by Crippen LogP contribution is -2.11. The van der Waals surface area contributed by atoms with Crippen LogP contribution in [0, 0.1) is 0 Å². The van der Waals surface area contributed by atoms with Gasteiger partial charge in [-0.1, -0.05) is 23.7 Å². The van der Waals surface area contributed by atoms with E-state index in [1.807, 2.05) is 36.5 Å². The molecule has 2 aromatic heterocycles. The van der Waals surface area contributed by atoms with Crippen molar-refractivity contribution in [2.45, 2.75) is 12.8 Å². The Morgan fingerprint density at radius 2 is 2.15 bits per heavy atom. The molecule has 20 heavy (non-hydrogen) atoms. The van der Waals surface area contributed by atoms with Gasteiger partial charge in [-0.25, -0.2) is 4.98 Å². The first-order chi connectivity index (χ1) is 9.66. The van der Waals surface area contributed by atoms with E-state index in [1.165, 1.54) is 0 Å². The number of rotatable bonds is 3. The minimum atomic E-state index is -0.324. The quantitative estimate of drug-likeness (QED) is 0.792. The Hall–Kier alpha value is -2.13. The summed E-state index contributed by atoms with van der Waals surface area (Å²) in [6.45, 7) is 1.60. The Labute approximate surface area is 121 Å². The second-order valence-corrected chi connectivity index (χ2v) is 5.18. The number of nitrogens with one attached hydrogen (secondary N) is 1. The summed E-state index contributed by atoms with van der Waals surface area (Å²) < 4.78 is 0. The summed E-state index contributed by atoms with van der Waals surface area (Å²) in [5.74, 6) is -0.240. The first-order valence-corrected chi connectivity index (χ1v) is 6.72. The largest absolute Gasteiger partial charge is 0.346 e. The molecule has 1 N–H and O–H groups in total. The highest BCUT2D eigenvalue weighted by molar-refractivity contribution is 6.30. The lowest BCUT2D eigenvalue weighted by Gasteiger charge is -2.16. The van der Waals surface area contributed by atoms with Gasteiger partial charge < -0.3 is 4.98 Å². The third-order valence-corrected chi connectivity index (χ3v) is 3.63. The zero-order valence-corrected chi connectivity index (χ0v) is 11.7. The van der Waals surface area contributed by atoms with Gasteiger partial charge in [-0.15, -0.1) is 0 Å². The molecule has 1 aromatic carbocycles. The van der Waals surface area contributed by atoms with Crippen LogP contribution in [-0.4, -0.2) is 15.8 Å². The van der Waals surface area contributed by atoms with Crippen molar-refractivity contribution in [2.24, 2.45) is 0 Å². The lowest BCUT2D eigenvalue weighted by molar-refractivity contribution is -0.117. The lowest BCUT2D eigenvalue weighted by atomic mass is 9.87. The van der Waals surface area contributed by atoms with E-state index >= 15 is 0 Å². The number of halogens is 1. The predicted molar refractivity (Wildman–Crippen MR) is 80.1 cm³/mol. The number of hydrogen-bond acceptors (Lipinski definition) is 2. The molecule has 2 heterocycles. The number of aromatic nitrogens is 2. The molecule has 0 radical (unpaired) electrons. The molecule has 3 rings (SSSR count). The topological polar surface area (TPSA) is 45.8 Å². The average molecular weight is 285 g/mol. The van der Waals surface area contributed by atoms with Crippen LogP contribution in [0.3, 0.4) is 0 Å². The molecule has 0 bridgehead atoms. The molecule has 0 amide bonds. The van der Waals surface area contributed by atoms with Crippen LogP contribution >= 0.6 is 11.6 Å². The van der Waals surface area contributed by atoms with Gasteiger partial charge in [-0.2, -0.15) is 0 Å². The number of aromatic amines is 1. The first kappa shape index (κ1) is 12.9. The van der Waals surface area contributed by atoms with E-state index in [0.717, 1.165) is 22.2 Å². The summed E-state index contributed by atoms with van der Waals surface area (Å²) >= 11 is 6.05. The van der Waals surface area contributed by atoms with Gasteiger partial charge in [0.25, 0.3) is 0 Å². The van der Waals surface area contributed by atoms with Crippen LogP contribution in [0.5, 0.6) is 0 Å². The average Bonchev–Trinajstić information content (AvgIpc) is 2.88. The van der Waals surface area contributed by atoms with Crippen molar-refractivity contribution in [1.29, 1.82) is 0 Å². The molecule has 0 saturated heterocycles. The molecule has 4 heteroatoms. The fraction of sp³-hybridized carbons (Fsp3) is 0.125. The molecule has 3 aromatic rings. The highest BCUT2D eigenvalue weighted by atomic mass is 35.5. The van der Waals surface area contributed by atoms with Gasteiger partial charge in [0.1, 0.15) is 11.4 Å². The fourth-order valence-electron chi connectivity index (χ4n) is 2.55. The van der Waals surface area contributed by atoms with Crippen LogP contribution in [0.2, 0.25) is 5.02 Å². The van der Waals surface area contributed by atoms with Crippen LogP contribution in [0.15, 0.2) is 48.8 Å². The number of Topliss-reactive ketones (excluding diaryl/α,β-unsaturated/α-hetero) is 1. The summed E-state index contributed by atoms with van der Waals surface area (Å²) in [6, 6.07) is 11.3. The van der Waals surface area contributed by atoms with Crippen LogP contribution < -0.4 is 0 Å². The first-order valence-electron chi connectivity index (χ1n) is 6.34. The zero-order chi connectivity index (χ0) is 14.1. The van der Waals surface area contributed by atoms with Crippen molar-refractivity contribution in [3.63, 3.8) is 0 Å². The minimum absolute atomic E-state index is 0.0842. The Morgan fingerprint density at radius 3 is 2.90 bits per heavy atom. The van der Waals surface area contributed by atoms with Crippen LogP contribution in [-0.2, 0) is 4.79 Å². The second kappa shape index (κ2) is 5.10. The second-order valence-electron chi connectivity index (χ2n) is 4.74. The maximum Gasteiger partial charge on any atom is 0.141 e. The van der Waals surface area contributed by atoms with Gasteiger partial charge in [0.15, 0.2) is 0 Å². The fourth-order valence-corrected chi connectivity index (χ4v) is 2.75. The minimum Gasteiger partial charge on any atom is -0.346 e. The van der Waals surface area contributed by atoms with Gasteiger partial charge in [0, 0.05) is 22.8 Å². The molecule has 1 atom stereocenters. The van der Waals surface area contributed by atoms with Gasteiger partial charge in [0.2, 0.25) is 0 Å². The van der Waals surface area contributed by atoms with Gasteiger partial charge in [-0.05, 0) is 42.3 Å². The molecule has 0 fully saturated rings. The van der Waals surface area contributed by atoms with Crippen LogP contribution in [0.4, 0.5) is 0 Å². The number of nitrogens with zero attached hydrogens (tertiary/aromatic N) is 1. The van der Waals surface area contributed by atoms with Crippen molar-refractivity contribution < 1.29 is 4.79 Å². The molecule has 100 valence electrons. The summed E-state index contributed by atoms with van der Waals surface area (Å²) in [5, 5.41) is 1.60. The Bertz CT molecular complexity index is 779. The Kier molecular flexibility index (Phi) is 3.28. The SMILES string of the molecule is CC(=O)C(c1cccc(Cl)c1)c1ccnc2[nH]ccc12. The van der Waals surface area contributed by atoms with Crippen molar-refractivity contribution in [2.75, 3.05) is 0 Å². The van der Waals surface area contributed by atoms with Gasteiger partial charge in [0.05, 0.1) is 5.92 Å². The third kappa shape index (κ3) is 2.21. The van der Waals surface area contributed by atoms with E-state index in [0.29, 0.717) is 5.02 Å². The number of pyridine rings is 1. The number of carbonyl (C=O) groups is 1. The summed E-state index contributed by atoms with van der Waals surface area (Å²) in [6.07, 6.45) is 3.55.